The van der Waals surface area contributed by atoms with Crippen molar-refractivity contribution in [2.24, 2.45) is 0 Å². The molecule has 2 aromatic carbocycles. The molecule has 132 valence electrons. The van der Waals surface area contributed by atoms with Crippen molar-refractivity contribution in [3.8, 4) is 0 Å². The first-order valence-electron chi connectivity index (χ1n) is 8.55. The van der Waals surface area contributed by atoms with Crippen LogP contribution in [0.5, 0.6) is 0 Å². The molecule has 5 heteroatoms. The fourth-order valence-electron chi connectivity index (χ4n) is 3.16. The fourth-order valence-corrected chi connectivity index (χ4v) is 3.82. The number of benzene rings is 2. The predicted molar refractivity (Wildman–Crippen MR) is 101 cm³/mol. The smallest absolute Gasteiger partial charge is 0.251 e. The summed E-state index contributed by atoms with van der Waals surface area (Å²) in [6, 6.07) is 12.9. The predicted octanol–water partition coefficient (Wildman–Crippen LogP) is 3.72. The number of amides is 1. The van der Waals surface area contributed by atoms with E-state index in [0.717, 1.165) is 17.7 Å². The van der Waals surface area contributed by atoms with Crippen molar-refractivity contribution in [3.63, 3.8) is 0 Å². The quantitative estimate of drug-likeness (QED) is 0.827. The fraction of sp³-hybridized carbons (Fsp3) is 0.350. The number of carbonyl (C=O) groups is 1. The van der Waals surface area contributed by atoms with Crippen molar-refractivity contribution in [2.45, 2.75) is 30.8 Å². The van der Waals surface area contributed by atoms with Crippen LogP contribution in [0.4, 0.5) is 4.39 Å². The van der Waals surface area contributed by atoms with E-state index in [0.29, 0.717) is 18.7 Å². The molecule has 1 heterocycles. The number of thioether (sulfide) groups is 1. The molecule has 3 nitrogen and oxygen atoms in total. The average molecular weight is 358 g/mol. The molecular formula is C20H23FN2OS. The van der Waals surface area contributed by atoms with Gasteiger partial charge in [-0.05, 0) is 66.7 Å². The molecule has 0 radical (unpaired) electrons. The van der Waals surface area contributed by atoms with E-state index in [9.17, 15) is 9.18 Å². The second-order valence-corrected chi connectivity index (χ2v) is 7.69. The van der Waals surface area contributed by atoms with E-state index in [2.05, 4.69) is 17.1 Å². The van der Waals surface area contributed by atoms with Gasteiger partial charge in [0.15, 0.2) is 0 Å². The molecule has 0 saturated carbocycles. The Morgan fingerprint density at radius 2 is 2.00 bits per heavy atom. The molecule has 3 rings (SSSR count). The van der Waals surface area contributed by atoms with Crippen molar-refractivity contribution >= 4 is 17.7 Å². The minimum absolute atomic E-state index is 0.0497. The van der Waals surface area contributed by atoms with Gasteiger partial charge in [-0.2, -0.15) is 0 Å². The van der Waals surface area contributed by atoms with E-state index in [-0.39, 0.29) is 17.8 Å². The molecule has 0 spiro atoms. The van der Waals surface area contributed by atoms with Gasteiger partial charge in [0.1, 0.15) is 5.82 Å². The summed E-state index contributed by atoms with van der Waals surface area (Å²) in [5.41, 5.74) is 2.88. The monoisotopic (exact) mass is 358 g/mol. The molecule has 1 aliphatic heterocycles. The van der Waals surface area contributed by atoms with Gasteiger partial charge in [-0.15, -0.1) is 11.8 Å². The zero-order valence-corrected chi connectivity index (χ0v) is 15.4. The van der Waals surface area contributed by atoms with E-state index < -0.39 is 0 Å². The number of likely N-dealkylation sites (N-methyl/N-ethyl adjacent to an activating group) is 1. The van der Waals surface area contributed by atoms with Gasteiger partial charge in [0.05, 0.1) is 0 Å². The highest BCUT2D eigenvalue weighted by Crippen LogP contribution is 2.23. The highest BCUT2D eigenvalue weighted by atomic mass is 32.2. The summed E-state index contributed by atoms with van der Waals surface area (Å²) >= 11 is 1.76. The third-order valence-electron chi connectivity index (χ3n) is 4.59. The number of halogens is 1. The van der Waals surface area contributed by atoms with Gasteiger partial charge in [0.2, 0.25) is 0 Å². The molecule has 0 fully saturated rings. The van der Waals surface area contributed by atoms with Crippen molar-refractivity contribution in [1.82, 2.24) is 10.2 Å². The lowest BCUT2D eigenvalue weighted by atomic mass is 9.94. The van der Waals surface area contributed by atoms with E-state index in [1.807, 2.05) is 37.4 Å². The van der Waals surface area contributed by atoms with Gasteiger partial charge < -0.3 is 5.32 Å². The molecule has 1 atom stereocenters. The summed E-state index contributed by atoms with van der Waals surface area (Å²) < 4.78 is 13.4. The van der Waals surface area contributed by atoms with Crippen LogP contribution in [0.1, 0.15) is 28.4 Å². The summed E-state index contributed by atoms with van der Waals surface area (Å²) in [6.45, 7) is 3.40. The Labute approximate surface area is 152 Å². The number of rotatable bonds is 5. The van der Waals surface area contributed by atoms with E-state index >= 15 is 0 Å². The second-order valence-electron chi connectivity index (χ2n) is 6.35. The summed E-state index contributed by atoms with van der Waals surface area (Å²) in [6.07, 6.45) is 0.818. The maximum absolute atomic E-state index is 13.4. The second kappa shape index (κ2) is 8.02. The van der Waals surface area contributed by atoms with Crippen molar-refractivity contribution in [1.29, 1.82) is 0 Å². The summed E-state index contributed by atoms with van der Waals surface area (Å²) in [7, 11) is 2.02. The van der Waals surface area contributed by atoms with Gasteiger partial charge in [0.25, 0.3) is 5.91 Å². The summed E-state index contributed by atoms with van der Waals surface area (Å²) in [4.78, 5) is 15.7. The lowest BCUT2D eigenvalue weighted by molar-refractivity contribution is 0.0934. The largest absolute Gasteiger partial charge is 0.350 e. The number of carbonyl (C=O) groups excluding carboxylic acids is 1. The van der Waals surface area contributed by atoms with Crippen molar-refractivity contribution in [2.75, 3.05) is 19.3 Å². The van der Waals surface area contributed by atoms with Gasteiger partial charge in [0, 0.05) is 29.6 Å². The molecular weight excluding hydrogens is 335 g/mol. The zero-order chi connectivity index (χ0) is 17.8. The lowest BCUT2D eigenvalue weighted by Gasteiger charge is -2.34. The van der Waals surface area contributed by atoms with E-state index in [4.69, 9.17) is 0 Å². The number of hydrogen-bond acceptors (Lipinski definition) is 3. The molecule has 0 bridgehead atoms. The van der Waals surface area contributed by atoms with Gasteiger partial charge in [-0.3, -0.25) is 9.69 Å². The van der Waals surface area contributed by atoms with Crippen LogP contribution in [-0.2, 0) is 13.0 Å². The molecule has 1 aliphatic rings. The topological polar surface area (TPSA) is 32.3 Å². The van der Waals surface area contributed by atoms with Gasteiger partial charge in [-0.1, -0.05) is 13.0 Å². The Kier molecular flexibility index (Phi) is 5.76. The van der Waals surface area contributed by atoms with Crippen LogP contribution in [0.2, 0.25) is 0 Å². The molecule has 1 amide bonds. The summed E-state index contributed by atoms with van der Waals surface area (Å²) in [5.74, 6) is 0.778. The Hall–Kier alpha value is -1.85. The first kappa shape index (κ1) is 18.0. The molecule has 25 heavy (non-hydrogen) atoms. The Balaban J connectivity index is 1.59. The maximum Gasteiger partial charge on any atom is 0.251 e. The Morgan fingerprint density at radius 3 is 2.72 bits per heavy atom. The van der Waals surface area contributed by atoms with Crippen LogP contribution >= 0.6 is 11.8 Å². The number of nitrogens with one attached hydrogen (secondary N) is 1. The first-order chi connectivity index (χ1) is 12.1. The first-order valence-corrected chi connectivity index (χ1v) is 9.54. The average Bonchev–Trinajstić information content (AvgIpc) is 2.60. The molecule has 2 aromatic rings. The molecule has 1 unspecified atom stereocenters. The van der Waals surface area contributed by atoms with Crippen molar-refractivity contribution in [3.05, 3.63) is 65.0 Å². The molecule has 0 aromatic heterocycles. The molecule has 0 aliphatic carbocycles. The number of nitrogens with zero attached hydrogens (tertiary/aromatic N) is 1. The standard InChI is InChI=1S/C20H23FN2OS/c1-3-25-19-8-5-14(6-9-19)20(24)22-12-18-11-15-4-7-17(21)10-16(15)13-23(18)2/h4-10,18H,3,11-13H2,1-2H3,(H,22,24). The van der Waals surface area contributed by atoms with Crippen LogP contribution in [0.3, 0.4) is 0 Å². The third-order valence-corrected chi connectivity index (χ3v) is 5.49. The van der Waals surface area contributed by atoms with E-state index in [1.165, 1.54) is 16.5 Å². The number of hydrogen-bond donors (Lipinski definition) is 1. The van der Waals surface area contributed by atoms with Crippen LogP contribution in [-0.4, -0.2) is 36.2 Å². The summed E-state index contributed by atoms with van der Waals surface area (Å²) in [5, 5.41) is 3.03. The minimum atomic E-state index is -0.191. The van der Waals surface area contributed by atoms with Gasteiger partial charge >= 0.3 is 0 Å². The SMILES string of the molecule is CCSc1ccc(C(=O)NCC2Cc3ccc(F)cc3CN2C)cc1. The van der Waals surface area contributed by atoms with Crippen LogP contribution in [0.15, 0.2) is 47.4 Å². The Morgan fingerprint density at radius 1 is 1.24 bits per heavy atom. The van der Waals surface area contributed by atoms with Crippen LogP contribution in [0, 0.1) is 5.82 Å². The van der Waals surface area contributed by atoms with Crippen LogP contribution < -0.4 is 5.32 Å². The molecule has 0 saturated heterocycles. The lowest BCUT2D eigenvalue weighted by Crippen LogP contribution is -2.45. The highest BCUT2D eigenvalue weighted by Gasteiger charge is 2.24. The normalized spacial score (nSPS) is 17.2. The Bertz CT molecular complexity index is 748. The van der Waals surface area contributed by atoms with Crippen molar-refractivity contribution < 1.29 is 9.18 Å². The third kappa shape index (κ3) is 4.41. The van der Waals surface area contributed by atoms with Gasteiger partial charge in [-0.25, -0.2) is 4.39 Å². The number of fused-ring (bicyclic) bond motifs is 1. The molecule has 1 N–H and O–H groups in total. The van der Waals surface area contributed by atoms with Crippen LogP contribution in [0.25, 0.3) is 0 Å². The van der Waals surface area contributed by atoms with E-state index in [1.54, 1.807) is 17.8 Å². The minimum Gasteiger partial charge on any atom is -0.350 e. The zero-order valence-electron chi connectivity index (χ0n) is 14.6. The highest BCUT2D eigenvalue weighted by molar-refractivity contribution is 7.99. The maximum atomic E-state index is 13.4.